The second-order valence-electron chi connectivity index (χ2n) is 3.59. The van der Waals surface area contributed by atoms with E-state index in [2.05, 4.69) is 0 Å². The van der Waals surface area contributed by atoms with E-state index in [1.54, 1.807) is 0 Å². The molecule has 0 amide bonds. The molecule has 0 saturated heterocycles. The van der Waals surface area contributed by atoms with Crippen LogP contribution in [0.25, 0.3) is 0 Å². The highest BCUT2D eigenvalue weighted by Crippen LogP contribution is 2.31. The van der Waals surface area contributed by atoms with E-state index in [1.165, 1.54) is 0 Å². The Kier molecular flexibility index (Phi) is 6.33. The molecule has 1 aromatic rings. The monoisotopic (exact) mass is 280 g/mol. The molecule has 4 heteroatoms. The number of benzene rings is 1. The van der Waals surface area contributed by atoms with Crippen LogP contribution < -0.4 is 4.74 Å². The molecule has 0 bridgehead atoms. The number of hydrogen-bond donors (Lipinski definition) is 0. The van der Waals surface area contributed by atoms with Crippen molar-refractivity contribution in [3.8, 4) is 5.75 Å². The molecule has 0 heterocycles. The van der Waals surface area contributed by atoms with Gasteiger partial charge in [-0.1, -0.05) is 53.0 Å². The van der Waals surface area contributed by atoms with Gasteiger partial charge in [-0.2, -0.15) is 0 Å². The normalized spacial score (nSPS) is 11.4. The fraction of sp³-hybridized carbons (Fsp3) is 0.500. The second-order valence-corrected chi connectivity index (χ2v) is 6.10. The van der Waals surface area contributed by atoms with Crippen LogP contribution in [-0.2, 0) is 0 Å². The van der Waals surface area contributed by atoms with Crippen molar-refractivity contribution in [1.82, 2.24) is 0 Å². The molecule has 16 heavy (non-hydrogen) atoms. The van der Waals surface area contributed by atoms with Gasteiger partial charge in [0.2, 0.25) is 0 Å². The minimum absolute atomic E-state index is 0.600. The molecule has 0 N–H and O–H groups in total. The molecule has 1 aromatic carbocycles. The molecular weight excluding hydrogens is 266 g/mol. The summed E-state index contributed by atoms with van der Waals surface area (Å²) in [5.74, 6) is 0.906. The van der Waals surface area contributed by atoms with Gasteiger partial charge in [0.1, 0.15) is 5.75 Å². The minimum Gasteiger partial charge on any atom is -0.494 e. The third-order valence-corrected chi connectivity index (χ3v) is 2.68. The molecule has 0 atom stereocenters. The third kappa shape index (κ3) is 7.21. The zero-order chi connectivity index (χ0) is 11.9. The van der Waals surface area contributed by atoms with E-state index in [4.69, 9.17) is 39.5 Å². The zero-order valence-electron chi connectivity index (χ0n) is 8.96. The summed E-state index contributed by atoms with van der Waals surface area (Å²) in [7, 11) is 0. The van der Waals surface area contributed by atoms with Gasteiger partial charge in [0.05, 0.1) is 6.61 Å². The summed E-state index contributed by atoms with van der Waals surface area (Å²) in [6.45, 7) is 0.712. The first-order valence-corrected chi connectivity index (χ1v) is 6.46. The fourth-order valence-electron chi connectivity index (χ4n) is 1.31. The highest BCUT2D eigenvalue weighted by molar-refractivity contribution is 6.67. The van der Waals surface area contributed by atoms with Gasteiger partial charge in [0.25, 0.3) is 0 Å². The smallest absolute Gasteiger partial charge is 0.190 e. The first-order chi connectivity index (χ1) is 7.58. The summed E-state index contributed by atoms with van der Waals surface area (Å²) in [5, 5.41) is 0. The van der Waals surface area contributed by atoms with Crippen LogP contribution in [0.15, 0.2) is 30.3 Å². The van der Waals surface area contributed by atoms with E-state index in [9.17, 15) is 0 Å². The maximum absolute atomic E-state index is 5.64. The number of halogens is 3. The summed E-state index contributed by atoms with van der Waals surface area (Å²) >= 11 is 16.9. The van der Waals surface area contributed by atoms with Crippen LogP contribution in [-0.4, -0.2) is 10.4 Å². The van der Waals surface area contributed by atoms with Crippen molar-refractivity contribution < 1.29 is 4.74 Å². The van der Waals surface area contributed by atoms with Gasteiger partial charge in [0, 0.05) is 0 Å². The SMILES string of the molecule is ClC(Cl)(Cl)CCCCCOc1ccccc1. The van der Waals surface area contributed by atoms with Gasteiger partial charge in [-0.05, 0) is 37.8 Å². The second kappa shape index (κ2) is 7.26. The van der Waals surface area contributed by atoms with Gasteiger partial charge in [-0.25, -0.2) is 0 Å². The van der Waals surface area contributed by atoms with Crippen LogP contribution >= 0.6 is 34.8 Å². The average Bonchev–Trinajstić information content (AvgIpc) is 2.23. The highest BCUT2D eigenvalue weighted by Gasteiger charge is 2.17. The van der Waals surface area contributed by atoms with E-state index in [0.717, 1.165) is 25.0 Å². The van der Waals surface area contributed by atoms with Crippen LogP contribution in [0.5, 0.6) is 5.75 Å². The maximum Gasteiger partial charge on any atom is 0.190 e. The number of hydrogen-bond acceptors (Lipinski definition) is 1. The van der Waals surface area contributed by atoms with Crippen LogP contribution in [0, 0.1) is 0 Å². The molecule has 0 aliphatic rings. The van der Waals surface area contributed by atoms with Crippen molar-refractivity contribution in [2.75, 3.05) is 6.61 Å². The van der Waals surface area contributed by atoms with Crippen LogP contribution in [0.4, 0.5) is 0 Å². The van der Waals surface area contributed by atoms with Crippen LogP contribution in [0.1, 0.15) is 25.7 Å². The summed E-state index contributed by atoms with van der Waals surface area (Å²) < 4.78 is 4.43. The number of unbranched alkanes of at least 4 members (excludes halogenated alkanes) is 2. The quantitative estimate of drug-likeness (QED) is 0.527. The Morgan fingerprint density at radius 1 is 0.938 bits per heavy atom. The number of alkyl halides is 3. The van der Waals surface area contributed by atoms with Crippen molar-refractivity contribution >= 4 is 34.8 Å². The van der Waals surface area contributed by atoms with Crippen molar-refractivity contribution in [3.05, 3.63) is 30.3 Å². The lowest BCUT2D eigenvalue weighted by molar-refractivity contribution is 0.305. The van der Waals surface area contributed by atoms with Crippen LogP contribution in [0.2, 0.25) is 0 Å². The van der Waals surface area contributed by atoms with Crippen molar-refractivity contribution in [2.45, 2.75) is 29.5 Å². The minimum atomic E-state index is -1.11. The van der Waals surface area contributed by atoms with Gasteiger partial charge in [0.15, 0.2) is 3.79 Å². The predicted molar refractivity (Wildman–Crippen MR) is 70.7 cm³/mol. The molecule has 1 rings (SSSR count). The Balaban J connectivity index is 2.01. The molecule has 0 aromatic heterocycles. The van der Waals surface area contributed by atoms with Crippen molar-refractivity contribution in [3.63, 3.8) is 0 Å². The van der Waals surface area contributed by atoms with Crippen molar-refractivity contribution in [2.24, 2.45) is 0 Å². The topological polar surface area (TPSA) is 9.23 Å². The zero-order valence-corrected chi connectivity index (χ0v) is 11.2. The Labute approximate surface area is 112 Å². The third-order valence-electron chi connectivity index (χ3n) is 2.12. The van der Waals surface area contributed by atoms with E-state index in [1.807, 2.05) is 30.3 Å². The first-order valence-electron chi connectivity index (χ1n) is 5.32. The molecule has 0 unspecified atom stereocenters. The summed E-state index contributed by atoms with van der Waals surface area (Å²) in [4.78, 5) is 0. The molecule has 1 nitrogen and oxygen atoms in total. The molecule has 0 aliphatic carbocycles. The van der Waals surface area contributed by atoms with E-state index in [0.29, 0.717) is 13.0 Å². The Bertz CT molecular complexity index is 282. The molecule has 0 spiro atoms. The molecule has 0 fully saturated rings. The number of para-hydroxylation sites is 1. The number of rotatable bonds is 6. The van der Waals surface area contributed by atoms with E-state index in [-0.39, 0.29) is 0 Å². The lowest BCUT2D eigenvalue weighted by Crippen LogP contribution is -2.02. The Hall–Kier alpha value is -0.110. The van der Waals surface area contributed by atoms with Crippen LogP contribution in [0.3, 0.4) is 0 Å². The highest BCUT2D eigenvalue weighted by atomic mass is 35.6. The number of ether oxygens (including phenoxy) is 1. The van der Waals surface area contributed by atoms with E-state index >= 15 is 0 Å². The lowest BCUT2D eigenvalue weighted by atomic mass is 10.2. The summed E-state index contributed by atoms with van der Waals surface area (Å²) in [6.07, 6.45) is 3.51. The largest absolute Gasteiger partial charge is 0.494 e. The van der Waals surface area contributed by atoms with Crippen molar-refractivity contribution in [1.29, 1.82) is 0 Å². The Morgan fingerprint density at radius 3 is 2.25 bits per heavy atom. The average molecular weight is 282 g/mol. The Morgan fingerprint density at radius 2 is 1.62 bits per heavy atom. The molecule has 90 valence electrons. The van der Waals surface area contributed by atoms with Gasteiger partial charge in [-0.15, -0.1) is 0 Å². The maximum atomic E-state index is 5.64. The van der Waals surface area contributed by atoms with E-state index < -0.39 is 3.79 Å². The molecule has 0 saturated carbocycles. The molecule has 0 radical (unpaired) electrons. The summed E-state index contributed by atoms with van der Waals surface area (Å²) in [5.41, 5.74) is 0. The van der Waals surface area contributed by atoms with Gasteiger partial charge < -0.3 is 4.74 Å². The molecular formula is C12H15Cl3O. The van der Waals surface area contributed by atoms with Gasteiger partial charge in [-0.3, -0.25) is 0 Å². The first kappa shape index (κ1) is 14.0. The molecule has 0 aliphatic heterocycles. The lowest BCUT2D eigenvalue weighted by Gasteiger charge is -2.10. The summed E-state index contributed by atoms with van der Waals surface area (Å²) in [6, 6.07) is 9.77. The standard InChI is InChI=1S/C12H15Cl3O/c13-12(14,15)9-5-2-6-10-16-11-7-3-1-4-8-11/h1,3-4,7-8H,2,5-6,9-10H2. The predicted octanol–water partition coefficient (Wildman–Crippen LogP) is 5.00. The van der Waals surface area contributed by atoms with Gasteiger partial charge >= 0.3 is 0 Å². The fourth-order valence-corrected chi connectivity index (χ4v) is 1.71.